The summed E-state index contributed by atoms with van der Waals surface area (Å²) in [5.74, 6) is 0.620. The quantitative estimate of drug-likeness (QED) is 0.870. The first-order chi connectivity index (χ1) is 12.8. The Balaban J connectivity index is 1.58. The molecule has 2 aliphatic rings. The molecule has 0 bridgehead atoms. The SMILES string of the molecule is Cc1nc2c(c(=O)[nH]1)CCC21CCCN(Cc2cccc(C(F)(F)F)c2)C1. The highest BCUT2D eigenvalue weighted by Crippen LogP contribution is 2.43. The maximum Gasteiger partial charge on any atom is 0.416 e. The van der Waals surface area contributed by atoms with Crippen LogP contribution in [0.25, 0.3) is 0 Å². The fourth-order valence-corrected chi connectivity index (χ4v) is 4.63. The first-order valence-electron chi connectivity index (χ1n) is 9.26. The average molecular weight is 377 g/mol. The van der Waals surface area contributed by atoms with Crippen LogP contribution in [0.3, 0.4) is 0 Å². The molecule has 1 spiro atoms. The van der Waals surface area contributed by atoms with Crippen molar-refractivity contribution in [3.8, 4) is 0 Å². The number of rotatable bonds is 2. The molecule has 1 atom stereocenters. The summed E-state index contributed by atoms with van der Waals surface area (Å²) in [6.45, 7) is 3.84. The molecule has 2 aromatic rings. The maximum atomic E-state index is 13.0. The van der Waals surface area contributed by atoms with Crippen molar-refractivity contribution in [2.45, 2.75) is 50.7 Å². The van der Waals surface area contributed by atoms with Crippen LogP contribution in [-0.2, 0) is 24.6 Å². The van der Waals surface area contributed by atoms with Gasteiger partial charge in [-0.05, 0) is 50.8 Å². The van der Waals surface area contributed by atoms with Crippen molar-refractivity contribution in [2.75, 3.05) is 13.1 Å². The van der Waals surface area contributed by atoms with Crippen molar-refractivity contribution in [1.29, 1.82) is 0 Å². The van der Waals surface area contributed by atoms with Crippen LogP contribution in [0.15, 0.2) is 29.1 Å². The van der Waals surface area contributed by atoms with E-state index in [1.54, 1.807) is 13.0 Å². The van der Waals surface area contributed by atoms with Crippen LogP contribution in [0.2, 0.25) is 0 Å². The molecule has 1 aliphatic heterocycles. The van der Waals surface area contributed by atoms with E-state index in [0.717, 1.165) is 56.1 Å². The van der Waals surface area contributed by atoms with Crippen molar-refractivity contribution in [3.63, 3.8) is 0 Å². The van der Waals surface area contributed by atoms with Gasteiger partial charge in [-0.1, -0.05) is 18.2 Å². The third-order valence-electron chi connectivity index (χ3n) is 5.81. The molecule has 1 aromatic carbocycles. The molecule has 0 amide bonds. The number of aryl methyl sites for hydroxylation is 1. The number of hydrogen-bond acceptors (Lipinski definition) is 3. The van der Waals surface area contributed by atoms with Gasteiger partial charge >= 0.3 is 6.18 Å². The minimum Gasteiger partial charge on any atom is -0.311 e. The Morgan fingerprint density at radius 2 is 2.11 bits per heavy atom. The third kappa shape index (κ3) is 3.40. The van der Waals surface area contributed by atoms with Gasteiger partial charge in [0.1, 0.15) is 5.82 Å². The normalized spacial score (nSPS) is 23.0. The highest BCUT2D eigenvalue weighted by atomic mass is 19.4. The molecule has 1 saturated heterocycles. The zero-order chi connectivity index (χ0) is 19.2. The largest absolute Gasteiger partial charge is 0.416 e. The van der Waals surface area contributed by atoms with E-state index >= 15 is 0 Å². The number of likely N-dealkylation sites (tertiary alicyclic amines) is 1. The van der Waals surface area contributed by atoms with E-state index in [2.05, 4.69) is 14.9 Å². The van der Waals surface area contributed by atoms with E-state index in [0.29, 0.717) is 17.9 Å². The summed E-state index contributed by atoms with van der Waals surface area (Å²) in [6.07, 6.45) is -0.816. The molecule has 1 aromatic heterocycles. The average Bonchev–Trinajstić information content (AvgIpc) is 2.93. The lowest BCUT2D eigenvalue weighted by Gasteiger charge is -2.40. The van der Waals surface area contributed by atoms with Gasteiger partial charge in [-0.25, -0.2) is 4.98 Å². The lowest BCUT2D eigenvalue weighted by Crippen LogP contribution is -2.45. The van der Waals surface area contributed by atoms with Gasteiger partial charge in [0, 0.05) is 24.1 Å². The van der Waals surface area contributed by atoms with E-state index in [1.165, 1.54) is 12.1 Å². The standard InChI is InChI=1S/C20H22F3N3O/c1-13-24-17-16(18(27)25-13)6-8-19(17)7-3-9-26(12-19)11-14-4-2-5-15(10-14)20(21,22)23/h2,4-5,10H,3,6-9,11-12H2,1H3,(H,24,25,27). The third-order valence-corrected chi connectivity index (χ3v) is 5.81. The zero-order valence-electron chi connectivity index (χ0n) is 15.2. The van der Waals surface area contributed by atoms with E-state index in [-0.39, 0.29) is 11.0 Å². The number of halogens is 3. The minimum absolute atomic E-state index is 0.0515. The summed E-state index contributed by atoms with van der Waals surface area (Å²) in [6, 6.07) is 5.55. The Morgan fingerprint density at radius 3 is 2.89 bits per heavy atom. The molecule has 144 valence electrons. The molecule has 4 nitrogen and oxygen atoms in total. The molecule has 0 radical (unpaired) electrons. The molecular formula is C20H22F3N3O. The fraction of sp³-hybridized carbons (Fsp3) is 0.500. The van der Waals surface area contributed by atoms with E-state index in [1.807, 2.05) is 0 Å². The molecular weight excluding hydrogens is 355 g/mol. The molecule has 1 unspecified atom stereocenters. The Morgan fingerprint density at radius 1 is 1.30 bits per heavy atom. The number of H-pyrrole nitrogens is 1. The Hall–Kier alpha value is -2.15. The number of aromatic amines is 1. The Labute approximate surface area is 155 Å². The van der Waals surface area contributed by atoms with Gasteiger partial charge in [0.15, 0.2) is 0 Å². The molecule has 27 heavy (non-hydrogen) atoms. The predicted octanol–water partition coefficient (Wildman–Crippen LogP) is 3.58. The van der Waals surface area contributed by atoms with Crippen molar-refractivity contribution in [3.05, 3.63) is 62.8 Å². The summed E-state index contributed by atoms with van der Waals surface area (Å²) in [7, 11) is 0. The highest BCUT2D eigenvalue weighted by molar-refractivity contribution is 5.34. The van der Waals surface area contributed by atoms with E-state index in [9.17, 15) is 18.0 Å². The van der Waals surface area contributed by atoms with Crippen molar-refractivity contribution in [2.24, 2.45) is 0 Å². The zero-order valence-corrected chi connectivity index (χ0v) is 15.2. The van der Waals surface area contributed by atoms with Gasteiger partial charge in [0.05, 0.1) is 11.3 Å². The summed E-state index contributed by atoms with van der Waals surface area (Å²) in [5.41, 5.74) is 1.52. The second-order valence-electron chi connectivity index (χ2n) is 7.77. The number of benzene rings is 1. The van der Waals surface area contributed by atoms with Crippen LogP contribution in [0.4, 0.5) is 13.2 Å². The lowest BCUT2D eigenvalue weighted by molar-refractivity contribution is -0.137. The summed E-state index contributed by atoms with van der Waals surface area (Å²) < 4.78 is 38.9. The molecule has 1 N–H and O–H groups in total. The van der Waals surface area contributed by atoms with Gasteiger partial charge in [-0.2, -0.15) is 13.2 Å². The smallest absolute Gasteiger partial charge is 0.311 e. The molecule has 7 heteroatoms. The maximum absolute atomic E-state index is 13.0. The summed E-state index contributed by atoms with van der Waals surface area (Å²) in [4.78, 5) is 21.9. The van der Waals surface area contributed by atoms with E-state index < -0.39 is 11.7 Å². The Bertz CT molecular complexity index is 921. The van der Waals surface area contributed by atoms with Crippen LogP contribution >= 0.6 is 0 Å². The monoisotopic (exact) mass is 377 g/mol. The second kappa shape index (κ2) is 6.48. The lowest BCUT2D eigenvalue weighted by atomic mass is 9.77. The van der Waals surface area contributed by atoms with Crippen molar-refractivity contribution < 1.29 is 13.2 Å². The molecule has 0 saturated carbocycles. The molecule has 4 rings (SSSR count). The highest BCUT2D eigenvalue weighted by Gasteiger charge is 2.44. The number of aromatic nitrogens is 2. The summed E-state index contributed by atoms with van der Waals surface area (Å²) >= 11 is 0. The number of nitrogens with zero attached hydrogens (tertiary/aromatic N) is 2. The van der Waals surface area contributed by atoms with Gasteiger partial charge in [-0.15, -0.1) is 0 Å². The van der Waals surface area contributed by atoms with Crippen LogP contribution in [-0.4, -0.2) is 28.0 Å². The van der Waals surface area contributed by atoms with Gasteiger partial charge < -0.3 is 4.98 Å². The van der Waals surface area contributed by atoms with Gasteiger partial charge in [-0.3, -0.25) is 9.69 Å². The summed E-state index contributed by atoms with van der Waals surface area (Å²) in [5, 5.41) is 0. The number of fused-ring (bicyclic) bond motifs is 2. The first kappa shape index (κ1) is 18.2. The van der Waals surface area contributed by atoms with Gasteiger partial charge in [0.2, 0.25) is 0 Å². The van der Waals surface area contributed by atoms with Crippen LogP contribution < -0.4 is 5.56 Å². The molecule has 2 heterocycles. The molecule has 1 aliphatic carbocycles. The molecule has 1 fully saturated rings. The topological polar surface area (TPSA) is 49.0 Å². The van der Waals surface area contributed by atoms with Gasteiger partial charge in [0.25, 0.3) is 5.56 Å². The van der Waals surface area contributed by atoms with E-state index in [4.69, 9.17) is 0 Å². The van der Waals surface area contributed by atoms with Crippen molar-refractivity contribution in [1.82, 2.24) is 14.9 Å². The first-order valence-corrected chi connectivity index (χ1v) is 9.26. The Kier molecular flexibility index (Phi) is 4.37. The minimum atomic E-state index is -4.33. The van der Waals surface area contributed by atoms with Crippen LogP contribution in [0, 0.1) is 6.92 Å². The number of piperidine rings is 1. The van der Waals surface area contributed by atoms with Crippen LogP contribution in [0.1, 0.15) is 47.5 Å². The van der Waals surface area contributed by atoms with Crippen molar-refractivity contribution >= 4 is 0 Å². The van der Waals surface area contributed by atoms with Crippen LogP contribution in [0.5, 0.6) is 0 Å². The number of alkyl halides is 3. The number of nitrogens with one attached hydrogen (secondary N) is 1. The number of hydrogen-bond donors (Lipinski definition) is 1. The fourth-order valence-electron chi connectivity index (χ4n) is 4.63. The predicted molar refractivity (Wildman–Crippen MR) is 95.5 cm³/mol. The second-order valence-corrected chi connectivity index (χ2v) is 7.77.